The molecule has 7 nitrogen and oxygen atoms in total. The van der Waals surface area contributed by atoms with Crippen molar-refractivity contribution in [3.63, 3.8) is 0 Å². The molecule has 7 heteroatoms. The molecule has 36 heavy (non-hydrogen) atoms. The second kappa shape index (κ2) is 11.4. The number of nitrogens with one attached hydrogen (secondary N) is 2. The molecular weight excluding hydrogens is 454 g/mol. The van der Waals surface area contributed by atoms with Crippen LogP contribution in [0, 0.1) is 5.92 Å². The SMILES string of the molecule is CC(=O)NC(c1ccccc1)[C@H](C)C(=O)NCCC(C(=O)c1nc2ccccc2o1)c1ccccc1. The molecule has 0 aliphatic rings. The molecule has 0 aliphatic heterocycles. The van der Waals surface area contributed by atoms with Crippen LogP contribution in [0.15, 0.2) is 89.3 Å². The molecule has 0 saturated carbocycles. The number of para-hydroxylation sites is 2. The Morgan fingerprint density at radius 2 is 1.47 bits per heavy atom. The van der Waals surface area contributed by atoms with E-state index in [0.29, 0.717) is 17.5 Å². The molecule has 0 saturated heterocycles. The molecule has 4 aromatic rings. The molecule has 2 amide bonds. The Kier molecular flexibility index (Phi) is 7.90. The zero-order valence-electron chi connectivity index (χ0n) is 20.3. The van der Waals surface area contributed by atoms with Crippen molar-refractivity contribution >= 4 is 28.7 Å². The van der Waals surface area contributed by atoms with E-state index in [1.807, 2.05) is 72.8 Å². The van der Waals surface area contributed by atoms with Gasteiger partial charge in [-0.15, -0.1) is 0 Å². The van der Waals surface area contributed by atoms with E-state index in [-0.39, 0.29) is 30.0 Å². The smallest absolute Gasteiger partial charge is 0.264 e. The van der Waals surface area contributed by atoms with E-state index in [9.17, 15) is 14.4 Å². The Hall–Kier alpha value is -4.26. The Morgan fingerprint density at radius 1 is 0.861 bits per heavy atom. The van der Waals surface area contributed by atoms with Crippen molar-refractivity contribution in [2.75, 3.05) is 6.54 Å². The molecule has 1 aromatic heterocycles. The van der Waals surface area contributed by atoms with Crippen molar-refractivity contribution in [3.8, 4) is 0 Å². The molecule has 0 bridgehead atoms. The van der Waals surface area contributed by atoms with Crippen LogP contribution in [0.4, 0.5) is 0 Å². The highest BCUT2D eigenvalue weighted by Gasteiger charge is 2.29. The minimum atomic E-state index is -0.532. The third-order valence-electron chi connectivity index (χ3n) is 6.19. The summed E-state index contributed by atoms with van der Waals surface area (Å²) in [6, 6.07) is 25.6. The molecule has 2 N–H and O–H groups in total. The number of hydrogen-bond acceptors (Lipinski definition) is 5. The van der Waals surface area contributed by atoms with Crippen molar-refractivity contribution in [2.45, 2.75) is 32.2 Å². The zero-order valence-corrected chi connectivity index (χ0v) is 20.3. The normalized spacial score (nSPS) is 13.5. The van der Waals surface area contributed by atoms with Gasteiger partial charge in [0.15, 0.2) is 5.58 Å². The number of fused-ring (bicyclic) bond motifs is 1. The molecule has 0 fully saturated rings. The van der Waals surface area contributed by atoms with Gasteiger partial charge in [0, 0.05) is 13.5 Å². The maximum atomic E-state index is 13.4. The first-order valence-electron chi connectivity index (χ1n) is 12.0. The lowest BCUT2D eigenvalue weighted by Crippen LogP contribution is -2.40. The van der Waals surface area contributed by atoms with Gasteiger partial charge >= 0.3 is 0 Å². The van der Waals surface area contributed by atoms with Gasteiger partial charge in [0.1, 0.15) is 5.52 Å². The first-order chi connectivity index (χ1) is 17.4. The Balaban J connectivity index is 1.47. The van der Waals surface area contributed by atoms with Gasteiger partial charge < -0.3 is 15.1 Å². The first kappa shape index (κ1) is 24.9. The van der Waals surface area contributed by atoms with Crippen molar-refractivity contribution in [2.24, 2.45) is 5.92 Å². The summed E-state index contributed by atoms with van der Waals surface area (Å²) in [4.78, 5) is 42.6. The predicted octanol–water partition coefficient (Wildman–Crippen LogP) is 4.81. The van der Waals surface area contributed by atoms with Crippen molar-refractivity contribution in [1.29, 1.82) is 0 Å². The van der Waals surface area contributed by atoms with E-state index in [1.54, 1.807) is 19.1 Å². The maximum Gasteiger partial charge on any atom is 0.264 e. The highest BCUT2D eigenvalue weighted by Crippen LogP contribution is 2.27. The number of aromatic nitrogens is 1. The summed E-state index contributed by atoms with van der Waals surface area (Å²) < 4.78 is 5.73. The van der Waals surface area contributed by atoms with E-state index >= 15 is 0 Å². The summed E-state index contributed by atoms with van der Waals surface area (Å²) in [5, 5.41) is 5.83. The topological polar surface area (TPSA) is 101 Å². The van der Waals surface area contributed by atoms with Crippen LogP contribution in [0.3, 0.4) is 0 Å². The van der Waals surface area contributed by atoms with E-state index in [1.165, 1.54) is 6.92 Å². The Bertz CT molecular complexity index is 1300. The standard InChI is InChI=1S/C29H29N3O4/c1-19(26(31-20(2)33)22-13-7-4-8-14-22)28(35)30-18-17-23(21-11-5-3-6-12-21)27(34)29-32-24-15-9-10-16-25(24)36-29/h3-16,19,23,26H,17-18H2,1-2H3,(H,30,35)(H,31,33)/t19-,23?,26?/m0/s1. The van der Waals surface area contributed by atoms with Crippen LogP contribution < -0.4 is 10.6 Å². The van der Waals surface area contributed by atoms with Crippen LogP contribution in [0.5, 0.6) is 0 Å². The number of rotatable bonds is 10. The van der Waals surface area contributed by atoms with Gasteiger partial charge in [0.2, 0.25) is 17.6 Å². The molecule has 0 radical (unpaired) electrons. The molecule has 1 heterocycles. The van der Waals surface area contributed by atoms with Crippen molar-refractivity contribution < 1.29 is 18.8 Å². The highest BCUT2D eigenvalue weighted by atomic mass is 16.4. The molecular formula is C29H29N3O4. The summed E-state index contributed by atoms with van der Waals surface area (Å²) in [6.07, 6.45) is 0.371. The third-order valence-corrected chi connectivity index (χ3v) is 6.19. The molecule has 0 aliphatic carbocycles. The number of benzene rings is 3. The molecule has 3 aromatic carbocycles. The summed E-state index contributed by atoms with van der Waals surface area (Å²) in [7, 11) is 0. The van der Waals surface area contributed by atoms with Crippen LogP contribution >= 0.6 is 0 Å². The van der Waals surface area contributed by atoms with Gasteiger partial charge in [-0.05, 0) is 29.7 Å². The average molecular weight is 484 g/mol. The third kappa shape index (κ3) is 5.86. The van der Waals surface area contributed by atoms with Gasteiger partial charge in [0.25, 0.3) is 5.89 Å². The number of carbonyl (C=O) groups excluding carboxylic acids is 3. The van der Waals surface area contributed by atoms with Crippen molar-refractivity contribution in [1.82, 2.24) is 15.6 Å². The highest BCUT2D eigenvalue weighted by molar-refractivity contribution is 5.99. The lowest BCUT2D eigenvalue weighted by atomic mass is 9.90. The molecule has 184 valence electrons. The quantitative estimate of drug-likeness (QED) is 0.315. The van der Waals surface area contributed by atoms with E-state index < -0.39 is 17.9 Å². The number of amides is 2. The van der Waals surface area contributed by atoms with Crippen molar-refractivity contribution in [3.05, 3.63) is 102 Å². The molecule has 4 rings (SSSR count). The number of Topliss-reactive ketones (excluding diaryl/α,β-unsaturated/α-hetero) is 1. The predicted molar refractivity (Wildman–Crippen MR) is 137 cm³/mol. The fourth-order valence-corrected chi connectivity index (χ4v) is 4.29. The van der Waals surface area contributed by atoms with E-state index in [2.05, 4.69) is 15.6 Å². The Morgan fingerprint density at radius 3 is 2.11 bits per heavy atom. The lowest BCUT2D eigenvalue weighted by molar-refractivity contribution is -0.126. The second-order valence-electron chi connectivity index (χ2n) is 8.77. The summed E-state index contributed by atoms with van der Waals surface area (Å²) >= 11 is 0. The number of carbonyl (C=O) groups is 3. The summed E-state index contributed by atoms with van der Waals surface area (Å²) in [5.41, 5.74) is 2.86. The van der Waals surface area contributed by atoms with Crippen LogP contribution in [0.1, 0.15) is 54.0 Å². The largest absolute Gasteiger partial charge is 0.434 e. The number of hydrogen-bond donors (Lipinski definition) is 2. The average Bonchev–Trinajstić information content (AvgIpc) is 3.34. The number of oxazole rings is 1. The minimum absolute atomic E-state index is 0.0551. The van der Waals surface area contributed by atoms with E-state index in [4.69, 9.17) is 4.42 Å². The van der Waals surface area contributed by atoms with E-state index in [0.717, 1.165) is 11.1 Å². The summed E-state index contributed by atoms with van der Waals surface area (Å²) in [6.45, 7) is 3.49. The van der Waals surface area contributed by atoms with Gasteiger partial charge in [0.05, 0.1) is 17.9 Å². The van der Waals surface area contributed by atoms with Gasteiger partial charge in [-0.2, -0.15) is 0 Å². The second-order valence-corrected chi connectivity index (χ2v) is 8.77. The van der Waals surface area contributed by atoms with Crippen LogP contribution in [-0.2, 0) is 9.59 Å². The monoisotopic (exact) mass is 483 g/mol. The summed E-state index contributed by atoms with van der Waals surface area (Å²) in [5.74, 6) is -1.65. The fourth-order valence-electron chi connectivity index (χ4n) is 4.29. The van der Waals surface area contributed by atoms with Crippen LogP contribution in [-0.4, -0.2) is 29.1 Å². The number of ketones is 1. The molecule has 2 unspecified atom stereocenters. The lowest BCUT2D eigenvalue weighted by Gasteiger charge is -2.25. The molecule has 3 atom stereocenters. The molecule has 0 spiro atoms. The zero-order chi connectivity index (χ0) is 25.5. The fraction of sp³-hybridized carbons (Fsp3) is 0.241. The van der Waals surface area contributed by atoms with Gasteiger partial charge in [-0.1, -0.05) is 79.7 Å². The minimum Gasteiger partial charge on any atom is -0.434 e. The number of nitrogens with zero attached hydrogens (tertiary/aromatic N) is 1. The maximum absolute atomic E-state index is 13.4. The van der Waals surface area contributed by atoms with Gasteiger partial charge in [-0.25, -0.2) is 4.98 Å². The van der Waals surface area contributed by atoms with Crippen LogP contribution in [0.25, 0.3) is 11.1 Å². The first-order valence-corrected chi connectivity index (χ1v) is 12.0. The Labute approximate surface area is 209 Å². The van der Waals surface area contributed by atoms with Crippen LogP contribution in [0.2, 0.25) is 0 Å². The van der Waals surface area contributed by atoms with Gasteiger partial charge in [-0.3, -0.25) is 14.4 Å².